The van der Waals surface area contributed by atoms with Crippen molar-refractivity contribution in [3.63, 3.8) is 0 Å². The second kappa shape index (κ2) is 4.77. The van der Waals surface area contributed by atoms with Crippen LogP contribution in [0.3, 0.4) is 0 Å². The Balaban J connectivity index is 1.88. The Kier molecular flexibility index (Phi) is 2.77. The lowest BCUT2D eigenvalue weighted by atomic mass is 10.3. The van der Waals surface area contributed by atoms with Crippen molar-refractivity contribution in [3.8, 4) is 5.95 Å². The Hall–Kier alpha value is -2.47. The van der Waals surface area contributed by atoms with Gasteiger partial charge in [-0.3, -0.25) is 4.57 Å². The summed E-state index contributed by atoms with van der Waals surface area (Å²) in [5.74, 6) is -1.30. The smallest absolute Gasteiger partial charge is 0.218 e. The molecule has 0 aliphatic heterocycles. The van der Waals surface area contributed by atoms with E-state index in [2.05, 4.69) is 14.5 Å². The van der Waals surface area contributed by atoms with E-state index in [1.807, 2.05) is 24.3 Å². The van der Waals surface area contributed by atoms with Gasteiger partial charge in [0, 0.05) is 18.2 Å². The largest absolute Gasteiger partial charge is 0.306 e. The molecule has 0 unspecified atom stereocenters. The van der Waals surface area contributed by atoms with Crippen LogP contribution in [0.15, 0.2) is 36.4 Å². The monoisotopic (exact) mass is 344 g/mol. The van der Waals surface area contributed by atoms with E-state index in [0.717, 1.165) is 36.0 Å². The highest BCUT2D eigenvalue weighted by molar-refractivity contribution is 6.29. The van der Waals surface area contributed by atoms with Crippen LogP contribution < -0.4 is 0 Å². The zero-order chi connectivity index (χ0) is 16.4. The molecule has 2 aromatic heterocycles. The van der Waals surface area contributed by atoms with E-state index < -0.39 is 11.6 Å². The first-order valence-corrected chi connectivity index (χ1v) is 8.01. The predicted octanol–water partition coefficient (Wildman–Crippen LogP) is 4.64. The molecule has 0 N–H and O–H groups in total. The zero-order valence-electron chi connectivity index (χ0n) is 12.4. The third-order valence-electron chi connectivity index (χ3n) is 4.34. The number of fused-ring (bicyclic) bond motifs is 2. The molecule has 1 aliphatic carbocycles. The van der Waals surface area contributed by atoms with Crippen LogP contribution in [0.2, 0.25) is 5.28 Å². The van der Waals surface area contributed by atoms with E-state index in [4.69, 9.17) is 11.6 Å². The molecule has 1 aliphatic rings. The molecule has 0 bridgehead atoms. The molecule has 1 fully saturated rings. The minimum absolute atomic E-state index is 0.132. The van der Waals surface area contributed by atoms with Crippen molar-refractivity contribution in [2.75, 3.05) is 0 Å². The Morgan fingerprint density at radius 3 is 2.50 bits per heavy atom. The quantitative estimate of drug-likeness (QED) is 0.531. The highest BCUT2D eigenvalue weighted by Crippen LogP contribution is 2.40. The average molecular weight is 345 g/mol. The van der Waals surface area contributed by atoms with Gasteiger partial charge in [0.05, 0.1) is 22.1 Å². The molecule has 120 valence electrons. The van der Waals surface area contributed by atoms with Crippen LogP contribution in [0.4, 0.5) is 8.78 Å². The van der Waals surface area contributed by atoms with Crippen LogP contribution in [-0.2, 0) is 0 Å². The molecular weight excluding hydrogens is 334 g/mol. The fraction of sp³-hybridized carbons (Fsp3) is 0.176. The fourth-order valence-corrected chi connectivity index (χ4v) is 3.37. The molecule has 0 saturated heterocycles. The molecule has 5 rings (SSSR count). The lowest BCUT2D eigenvalue weighted by molar-refractivity contribution is 0.510. The fourth-order valence-electron chi connectivity index (χ4n) is 3.12. The Labute approximate surface area is 140 Å². The van der Waals surface area contributed by atoms with Gasteiger partial charge < -0.3 is 4.57 Å². The molecule has 24 heavy (non-hydrogen) atoms. The lowest BCUT2D eigenvalue weighted by Crippen LogP contribution is -2.06. The second-order valence-corrected chi connectivity index (χ2v) is 6.31. The van der Waals surface area contributed by atoms with E-state index in [0.29, 0.717) is 23.0 Å². The van der Waals surface area contributed by atoms with Gasteiger partial charge in [0.25, 0.3) is 0 Å². The summed E-state index contributed by atoms with van der Waals surface area (Å²) in [6.45, 7) is 0. The summed E-state index contributed by atoms with van der Waals surface area (Å²) in [6.07, 6.45) is 2.11. The van der Waals surface area contributed by atoms with Gasteiger partial charge in [0.1, 0.15) is 0 Å². The Bertz CT molecular complexity index is 1110. The van der Waals surface area contributed by atoms with E-state index in [9.17, 15) is 8.78 Å². The number of aromatic nitrogens is 4. The van der Waals surface area contributed by atoms with Crippen molar-refractivity contribution in [2.45, 2.75) is 18.9 Å². The van der Waals surface area contributed by atoms with Crippen molar-refractivity contribution >= 4 is 33.7 Å². The van der Waals surface area contributed by atoms with Gasteiger partial charge >= 0.3 is 0 Å². The molecule has 1 saturated carbocycles. The van der Waals surface area contributed by atoms with Gasteiger partial charge in [-0.25, -0.2) is 18.7 Å². The van der Waals surface area contributed by atoms with E-state index >= 15 is 0 Å². The molecule has 4 aromatic rings. The highest BCUT2D eigenvalue weighted by atomic mass is 35.5. The number of imidazole rings is 2. The van der Waals surface area contributed by atoms with E-state index in [1.165, 1.54) is 0 Å². The molecule has 0 atom stereocenters. The minimum Gasteiger partial charge on any atom is -0.306 e. The summed E-state index contributed by atoms with van der Waals surface area (Å²) >= 11 is 6.29. The maximum absolute atomic E-state index is 13.7. The van der Waals surface area contributed by atoms with Gasteiger partial charge in [-0.05, 0) is 36.6 Å². The maximum Gasteiger partial charge on any atom is 0.218 e. The van der Waals surface area contributed by atoms with Crippen LogP contribution in [0.5, 0.6) is 0 Å². The number of para-hydroxylation sites is 2. The molecule has 0 amide bonds. The topological polar surface area (TPSA) is 35.6 Å². The van der Waals surface area contributed by atoms with Crippen molar-refractivity contribution in [3.05, 3.63) is 53.3 Å². The third kappa shape index (κ3) is 1.89. The SMILES string of the molecule is Fc1cc2nc(Cl)n(-c3nc4ccccc4n3C3CC3)c2cc1F. The first kappa shape index (κ1) is 13.9. The number of nitrogens with zero attached hydrogens (tertiary/aromatic N) is 4. The normalized spacial score (nSPS) is 14.8. The van der Waals surface area contributed by atoms with Crippen LogP contribution in [-0.4, -0.2) is 19.1 Å². The van der Waals surface area contributed by atoms with Gasteiger partial charge in [-0.2, -0.15) is 0 Å². The summed E-state index contributed by atoms with van der Waals surface area (Å²) < 4.78 is 30.9. The van der Waals surface area contributed by atoms with Crippen LogP contribution >= 0.6 is 11.6 Å². The van der Waals surface area contributed by atoms with Gasteiger partial charge in [0.2, 0.25) is 11.2 Å². The van der Waals surface area contributed by atoms with Crippen LogP contribution in [0.25, 0.3) is 28.0 Å². The van der Waals surface area contributed by atoms with Crippen molar-refractivity contribution in [1.29, 1.82) is 0 Å². The van der Waals surface area contributed by atoms with Gasteiger partial charge in [0.15, 0.2) is 11.6 Å². The highest BCUT2D eigenvalue weighted by Gasteiger charge is 2.30. The summed E-state index contributed by atoms with van der Waals surface area (Å²) in [5.41, 5.74) is 2.53. The average Bonchev–Trinajstić information content (AvgIpc) is 3.25. The van der Waals surface area contributed by atoms with Gasteiger partial charge in [-0.1, -0.05) is 12.1 Å². The first-order valence-electron chi connectivity index (χ1n) is 7.64. The van der Waals surface area contributed by atoms with Gasteiger partial charge in [-0.15, -0.1) is 0 Å². The van der Waals surface area contributed by atoms with Crippen molar-refractivity contribution in [2.24, 2.45) is 0 Å². The zero-order valence-corrected chi connectivity index (χ0v) is 13.1. The lowest BCUT2D eigenvalue weighted by Gasteiger charge is -2.09. The molecule has 2 heterocycles. The number of rotatable bonds is 2. The van der Waals surface area contributed by atoms with Crippen molar-refractivity contribution < 1.29 is 8.78 Å². The predicted molar refractivity (Wildman–Crippen MR) is 87.6 cm³/mol. The molecule has 7 heteroatoms. The Morgan fingerprint density at radius 1 is 0.958 bits per heavy atom. The van der Waals surface area contributed by atoms with Crippen LogP contribution in [0, 0.1) is 11.6 Å². The molecule has 2 aromatic carbocycles. The molecule has 4 nitrogen and oxygen atoms in total. The minimum atomic E-state index is -0.945. The first-order chi connectivity index (χ1) is 11.6. The summed E-state index contributed by atoms with van der Waals surface area (Å²) in [7, 11) is 0. The van der Waals surface area contributed by atoms with E-state index in [-0.39, 0.29) is 5.28 Å². The summed E-state index contributed by atoms with van der Waals surface area (Å²) in [5, 5.41) is 0.132. The van der Waals surface area contributed by atoms with Crippen molar-refractivity contribution in [1.82, 2.24) is 19.1 Å². The molecular formula is C17H11ClF2N4. The maximum atomic E-state index is 13.7. The number of halogens is 3. The standard InChI is InChI=1S/C17H11ClF2N4/c18-16-21-13-7-10(19)11(20)8-15(13)24(16)17-22-12-3-1-2-4-14(12)23(17)9-5-6-9/h1-4,7-9H,5-6H2. The van der Waals surface area contributed by atoms with Crippen LogP contribution in [0.1, 0.15) is 18.9 Å². The molecule has 0 spiro atoms. The Morgan fingerprint density at radius 2 is 1.71 bits per heavy atom. The number of hydrogen-bond donors (Lipinski definition) is 0. The summed E-state index contributed by atoms with van der Waals surface area (Å²) in [4.78, 5) is 8.82. The molecule has 0 radical (unpaired) electrons. The summed E-state index contributed by atoms with van der Waals surface area (Å²) in [6, 6.07) is 10.3. The number of benzene rings is 2. The second-order valence-electron chi connectivity index (χ2n) is 5.97. The number of hydrogen-bond acceptors (Lipinski definition) is 2. The van der Waals surface area contributed by atoms with E-state index in [1.54, 1.807) is 4.57 Å². The third-order valence-corrected chi connectivity index (χ3v) is 4.60.